The van der Waals surface area contributed by atoms with E-state index in [4.69, 9.17) is 10.5 Å². The highest BCUT2D eigenvalue weighted by Gasteiger charge is 2.35. The Morgan fingerprint density at radius 3 is 2.69 bits per heavy atom. The first-order valence-corrected chi connectivity index (χ1v) is 9.20. The van der Waals surface area contributed by atoms with Gasteiger partial charge in [0.05, 0.1) is 12.3 Å². The molecule has 6 heteroatoms. The van der Waals surface area contributed by atoms with Crippen LogP contribution in [0.3, 0.4) is 0 Å². The van der Waals surface area contributed by atoms with Gasteiger partial charge in [0, 0.05) is 11.1 Å². The van der Waals surface area contributed by atoms with Crippen LogP contribution in [0, 0.1) is 5.92 Å². The normalized spacial score (nSPS) is 19.5. The lowest BCUT2D eigenvalue weighted by molar-refractivity contribution is 0.317. The molecule has 2 aliphatic rings. The summed E-state index contributed by atoms with van der Waals surface area (Å²) in [5.74, 6) is 2.80. The quantitative estimate of drug-likeness (QED) is 0.704. The van der Waals surface area contributed by atoms with Crippen molar-refractivity contribution in [3.8, 4) is 28.3 Å². The first-order valence-electron chi connectivity index (χ1n) is 9.20. The minimum Gasteiger partial charge on any atom is -0.491 e. The Kier molecular flexibility index (Phi) is 3.62. The number of benzene rings is 2. The second-order valence-electron chi connectivity index (χ2n) is 7.20. The Bertz CT molecular complexity index is 933. The summed E-state index contributed by atoms with van der Waals surface area (Å²) in [6.07, 6.45) is 4.89. The van der Waals surface area contributed by atoms with Crippen LogP contribution < -0.4 is 10.5 Å². The molecule has 2 aromatic carbocycles. The highest BCUT2D eigenvalue weighted by molar-refractivity contribution is 5.83. The Morgan fingerprint density at radius 2 is 1.92 bits per heavy atom. The molecule has 0 saturated heterocycles. The van der Waals surface area contributed by atoms with E-state index in [1.165, 1.54) is 24.8 Å². The van der Waals surface area contributed by atoms with E-state index in [0.717, 1.165) is 41.4 Å². The van der Waals surface area contributed by atoms with Crippen LogP contribution in [0.15, 0.2) is 36.4 Å². The molecule has 0 amide bonds. The molecule has 26 heavy (non-hydrogen) atoms. The van der Waals surface area contributed by atoms with Crippen molar-refractivity contribution in [1.29, 1.82) is 0 Å². The summed E-state index contributed by atoms with van der Waals surface area (Å²) in [4.78, 5) is 0. The van der Waals surface area contributed by atoms with Gasteiger partial charge in [-0.25, -0.2) is 0 Å². The van der Waals surface area contributed by atoms with Crippen LogP contribution in [0.25, 0.3) is 22.5 Å². The van der Waals surface area contributed by atoms with Gasteiger partial charge in [-0.2, -0.15) is 5.21 Å². The number of ether oxygens (including phenoxy) is 1. The summed E-state index contributed by atoms with van der Waals surface area (Å²) >= 11 is 0. The molecule has 1 aromatic heterocycles. The van der Waals surface area contributed by atoms with E-state index in [1.54, 1.807) is 0 Å². The van der Waals surface area contributed by atoms with Crippen molar-refractivity contribution in [2.24, 2.45) is 5.92 Å². The molecule has 1 atom stereocenters. The summed E-state index contributed by atoms with van der Waals surface area (Å²) in [5, 5.41) is 14.5. The third kappa shape index (κ3) is 2.62. The molecular weight excluding hydrogens is 326 g/mol. The highest BCUT2D eigenvalue weighted by atomic mass is 16.5. The maximum absolute atomic E-state index is 6.43. The van der Waals surface area contributed by atoms with E-state index < -0.39 is 0 Å². The summed E-state index contributed by atoms with van der Waals surface area (Å²) in [7, 11) is 0. The number of nitrogen functional groups attached to an aromatic ring is 1. The molecule has 0 bridgehead atoms. The number of nitrogens with zero attached hydrogens (tertiary/aromatic N) is 3. The number of anilines is 1. The van der Waals surface area contributed by atoms with E-state index in [9.17, 15) is 0 Å². The molecule has 1 unspecified atom stereocenters. The number of nitrogens with one attached hydrogen (secondary N) is 1. The predicted molar refractivity (Wildman–Crippen MR) is 99.7 cm³/mol. The van der Waals surface area contributed by atoms with Gasteiger partial charge in [0.25, 0.3) is 0 Å². The maximum atomic E-state index is 6.43. The Morgan fingerprint density at radius 1 is 1.08 bits per heavy atom. The maximum Gasteiger partial charge on any atom is 0.205 e. The monoisotopic (exact) mass is 347 g/mol. The number of hydrogen-bond donors (Lipinski definition) is 2. The van der Waals surface area contributed by atoms with Crippen molar-refractivity contribution in [3.63, 3.8) is 0 Å². The van der Waals surface area contributed by atoms with E-state index in [2.05, 4.69) is 32.8 Å². The van der Waals surface area contributed by atoms with Crippen molar-refractivity contribution < 1.29 is 4.74 Å². The van der Waals surface area contributed by atoms with Gasteiger partial charge in [-0.1, -0.05) is 24.3 Å². The van der Waals surface area contributed by atoms with Gasteiger partial charge < -0.3 is 10.5 Å². The summed E-state index contributed by atoms with van der Waals surface area (Å²) in [6.45, 7) is 0.749. The Balaban J connectivity index is 1.67. The van der Waals surface area contributed by atoms with Crippen LogP contribution in [-0.4, -0.2) is 27.2 Å². The Hall–Kier alpha value is -2.89. The zero-order valence-electron chi connectivity index (χ0n) is 14.5. The van der Waals surface area contributed by atoms with Crippen LogP contribution in [-0.2, 0) is 0 Å². The molecular formula is C20H21N5O. The number of hydrogen-bond acceptors (Lipinski definition) is 5. The molecule has 0 spiro atoms. The number of fused-ring (bicyclic) bond motifs is 1. The number of H-pyrrole nitrogens is 1. The average molecular weight is 347 g/mol. The van der Waals surface area contributed by atoms with Crippen molar-refractivity contribution in [1.82, 2.24) is 20.6 Å². The summed E-state index contributed by atoms with van der Waals surface area (Å²) in [6, 6.07) is 12.4. The summed E-state index contributed by atoms with van der Waals surface area (Å²) in [5.41, 5.74) is 11.5. The van der Waals surface area contributed by atoms with Gasteiger partial charge in [0.2, 0.25) is 5.82 Å². The third-order valence-electron chi connectivity index (χ3n) is 5.47. The molecule has 132 valence electrons. The fraction of sp³-hybridized carbons (Fsp3) is 0.350. The van der Waals surface area contributed by atoms with Crippen LogP contribution in [0.2, 0.25) is 0 Å². The number of nitrogens with two attached hydrogens (primary N) is 1. The molecule has 5 rings (SSSR count). The van der Waals surface area contributed by atoms with E-state index >= 15 is 0 Å². The standard InChI is InChI=1S/C20H21N5O/c21-18-11-13(15-4-1-2-5-16(15)20-22-24-25-23-20)10-17-14(12-7-8-12)6-3-9-26-19(17)18/h1-2,4-5,10-12,14H,3,6-9,21H2,(H,22,23,24,25). The van der Waals surface area contributed by atoms with Crippen molar-refractivity contribution in [3.05, 3.63) is 42.0 Å². The van der Waals surface area contributed by atoms with Gasteiger partial charge in [-0.15, -0.1) is 10.2 Å². The van der Waals surface area contributed by atoms with E-state index in [0.29, 0.717) is 17.4 Å². The molecule has 1 fully saturated rings. The molecule has 2 heterocycles. The smallest absolute Gasteiger partial charge is 0.205 e. The van der Waals surface area contributed by atoms with Crippen LogP contribution >= 0.6 is 0 Å². The van der Waals surface area contributed by atoms with Crippen LogP contribution in [0.4, 0.5) is 5.69 Å². The number of tetrazole rings is 1. The van der Waals surface area contributed by atoms with Gasteiger partial charge in [-0.05, 0) is 66.0 Å². The SMILES string of the molecule is Nc1cc(-c2ccccc2-c2nn[nH]n2)cc2c1OCCCC2C1CC1. The lowest BCUT2D eigenvalue weighted by Gasteiger charge is -2.19. The first-order chi connectivity index (χ1) is 12.8. The first kappa shape index (κ1) is 15.4. The topological polar surface area (TPSA) is 89.7 Å². The molecule has 3 aromatic rings. The molecule has 3 N–H and O–H groups in total. The van der Waals surface area contributed by atoms with Crippen molar-refractivity contribution >= 4 is 5.69 Å². The second-order valence-corrected chi connectivity index (χ2v) is 7.20. The van der Waals surface area contributed by atoms with Crippen LogP contribution in [0.5, 0.6) is 5.75 Å². The van der Waals surface area contributed by atoms with Gasteiger partial charge in [0.1, 0.15) is 5.75 Å². The van der Waals surface area contributed by atoms with Gasteiger partial charge >= 0.3 is 0 Å². The zero-order valence-corrected chi connectivity index (χ0v) is 14.5. The Labute approximate surface area is 151 Å². The second kappa shape index (κ2) is 6.12. The minimum atomic E-state index is 0.548. The third-order valence-corrected chi connectivity index (χ3v) is 5.47. The van der Waals surface area contributed by atoms with Gasteiger partial charge in [0.15, 0.2) is 0 Å². The summed E-state index contributed by atoms with van der Waals surface area (Å²) < 4.78 is 6.02. The number of aromatic amines is 1. The zero-order chi connectivity index (χ0) is 17.5. The lowest BCUT2D eigenvalue weighted by Crippen LogP contribution is -2.04. The molecule has 1 aliphatic heterocycles. The number of rotatable bonds is 3. The number of aromatic nitrogens is 4. The predicted octanol–water partition coefficient (Wildman–Crippen LogP) is 3.78. The fourth-order valence-electron chi connectivity index (χ4n) is 4.10. The average Bonchev–Trinajstić information content (AvgIpc) is 3.39. The largest absolute Gasteiger partial charge is 0.491 e. The minimum absolute atomic E-state index is 0.548. The lowest BCUT2D eigenvalue weighted by atomic mass is 9.86. The van der Waals surface area contributed by atoms with Crippen LogP contribution in [0.1, 0.15) is 37.2 Å². The molecule has 1 aliphatic carbocycles. The molecule has 0 radical (unpaired) electrons. The fourth-order valence-corrected chi connectivity index (χ4v) is 4.10. The van der Waals surface area contributed by atoms with Crippen molar-refractivity contribution in [2.45, 2.75) is 31.6 Å². The molecule has 1 saturated carbocycles. The molecule has 6 nitrogen and oxygen atoms in total. The van der Waals surface area contributed by atoms with E-state index in [-0.39, 0.29) is 0 Å². The van der Waals surface area contributed by atoms with Crippen molar-refractivity contribution in [2.75, 3.05) is 12.3 Å². The highest BCUT2D eigenvalue weighted by Crippen LogP contribution is 2.51. The van der Waals surface area contributed by atoms with Gasteiger partial charge in [-0.3, -0.25) is 0 Å². The van der Waals surface area contributed by atoms with E-state index in [1.807, 2.05) is 24.3 Å².